The Bertz CT molecular complexity index is 613. The minimum absolute atomic E-state index is 0.338. The van der Waals surface area contributed by atoms with E-state index in [1.54, 1.807) is 36.5 Å². The molecule has 0 aliphatic rings. The van der Waals surface area contributed by atoms with Gasteiger partial charge in [-0.05, 0) is 47.1 Å². The highest BCUT2D eigenvalue weighted by Gasteiger charge is 2.13. The predicted octanol–water partition coefficient (Wildman–Crippen LogP) is 3.88. The molecule has 4 nitrogen and oxygen atoms in total. The van der Waals surface area contributed by atoms with Crippen LogP contribution in [-0.4, -0.2) is 12.6 Å². The summed E-state index contributed by atoms with van der Waals surface area (Å²) >= 11 is 5.06. The van der Waals surface area contributed by atoms with Crippen LogP contribution in [0.4, 0.5) is 11.4 Å². The van der Waals surface area contributed by atoms with Crippen LogP contribution in [0.2, 0.25) is 0 Å². The van der Waals surface area contributed by atoms with E-state index in [4.69, 9.17) is 10.5 Å². The van der Waals surface area contributed by atoms with Crippen LogP contribution >= 0.6 is 27.3 Å². The lowest BCUT2D eigenvalue weighted by molar-refractivity contribution is 0.0527. The van der Waals surface area contributed by atoms with Gasteiger partial charge in [0.15, 0.2) is 0 Å². The van der Waals surface area contributed by atoms with Gasteiger partial charge in [-0.25, -0.2) is 4.79 Å². The standard InChI is InChI=1S/C14H15BrN2O2S/c1-2-19-14(18)12-6-10(16)3-4-13(12)17-7-11-5-9(15)8-20-11/h3-6,8,17H,2,7,16H2,1H3. The number of esters is 1. The Balaban J connectivity index is 2.16. The summed E-state index contributed by atoms with van der Waals surface area (Å²) in [6, 6.07) is 7.23. The molecule has 0 fully saturated rings. The van der Waals surface area contributed by atoms with Crippen molar-refractivity contribution >= 4 is 44.6 Å². The van der Waals surface area contributed by atoms with Crippen LogP contribution in [0.3, 0.4) is 0 Å². The summed E-state index contributed by atoms with van der Waals surface area (Å²) in [5.74, 6) is -0.366. The monoisotopic (exact) mass is 354 g/mol. The molecule has 1 aromatic heterocycles. The van der Waals surface area contributed by atoms with Gasteiger partial charge in [-0.3, -0.25) is 0 Å². The third kappa shape index (κ3) is 3.74. The smallest absolute Gasteiger partial charge is 0.340 e. The Hall–Kier alpha value is -1.53. The summed E-state index contributed by atoms with van der Waals surface area (Å²) in [6.45, 7) is 2.76. The number of ether oxygens (including phenoxy) is 1. The van der Waals surface area contributed by atoms with Crippen molar-refractivity contribution in [1.29, 1.82) is 0 Å². The Morgan fingerprint density at radius 3 is 2.90 bits per heavy atom. The molecule has 20 heavy (non-hydrogen) atoms. The first-order valence-corrected chi connectivity index (χ1v) is 7.81. The van der Waals surface area contributed by atoms with Crippen LogP contribution in [0, 0.1) is 0 Å². The van der Waals surface area contributed by atoms with Gasteiger partial charge >= 0.3 is 5.97 Å². The van der Waals surface area contributed by atoms with E-state index in [0.717, 1.165) is 10.2 Å². The Morgan fingerprint density at radius 1 is 1.45 bits per heavy atom. The van der Waals surface area contributed by atoms with Crippen LogP contribution in [0.25, 0.3) is 0 Å². The molecule has 1 heterocycles. The van der Waals surface area contributed by atoms with Gasteiger partial charge in [-0.1, -0.05) is 0 Å². The van der Waals surface area contributed by atoms with E-state index in [-0.39, 0.29) is 5.97 Å². The highest BCUT2D eigenvalue weighted by molar-refractivity contribution is 9.10. The maximum absolute atomic E-state index is 11.9. The number of benzene rings is 1. The largest absolute Gasteiger partial charge is 0.462 e. The lowest BCUT2D eigenvalue weighted by atomic mass is 10.1. The second kappa shape index (κ2) is 6.76. The first-order chi connectivity index (χ1) is 9.60. The fraction of sp³-hybridized carbons (Fsp3) is 0.214. The molecule has 2 aromatic rings. The van der Waals surface area contributed by atoms with E-state index in [1.807, 2.05) is 11.4 Å². The summed E-state index contributed by atoms with van der Waals surface area (Å²) in [4.78, 5) is 13.1. The third-order valence-electron chi connectivity index (χ3n) is 2.61. The molecule has 0 aliphatic heterocycles. The molecule has 6 heteroatoms. The van der Waals surface area contributed by atoms with Crippen molar-refractivity contribution in [2.45, 2.75) is 13.5 Å². The number of hydrogen-bond donors (Lipinski definition) is 2. The maximum atomic E-state index is 11.9. The molecule has 0 saturated carbocycles. The Labute approximate surface area is 130 Å². The van der Waals surface area contributed by atoms with Crippen molar-refractivity contribution in [3.63, 3.8) is 0 Å². The number of thiophene rings is 1. The quantitative estimate of drug-likeness (QED) is 0.631. The second-order valence-corrected chi connectivity index (χ2v) is 6.02. The summed E-state index contributed by atoms with van der Waals surface area (Å²) in [6.07, 6.45) is 0. The molecular weight excluding hydrogens is 340 g/mol. The molecule has 2 rings (SSSR count). The predicted molar refractivity (Wildman–Crippen MR) is 86.2 cm³/mol. The first-order valence-electron chi connectivity index (χ1n) is 6.13. The van der Waals surface area contributed by atoms with Crippen molar-refractivity contribution in [3.05, 3.63) is 44.6 Å². The zero-order chi connectivity index (χ0) is 14.5. The summed E-state index contributed by atoms with van der Waals surface area (Å²) < 4.78 is 6.10. The molecule has 0 radical (unpaired) electrons. The van der Waals surface area contributed by atoms with Gasteiger partial charge in [0.25, 0.3) is 0 Å². The van der Waals surface area contributed by atoms with Crippen molar-refractivity contribution in [3.8, 4) is 0 Å². The first kappa shape index (κ1) is 14.9. The van der Waals surface area contributed by atoms with Gasteiger partial charge in [0, 0.05) is 32.6 Å². The minimum Gasteiger partial charge on any atom is -0.462 e. The van der Waals surface area contributed by atoms with Crippen molar-refractivity contribution < 1.29 is 9.53 Å². The van der Waals surface area contributed by atoms with Crippen LogP contribution in [0.15, 0.2) is 34.1 Å². The minimum atomic E-state index is -0.366. The van der Waals surface area contributed by atoms with Crippen LogP contribution < -0.4 is 11.1 Å². The summed E-state index contributed by atoms with van der Waals surface area (Å²) in [5.41, 5.74) is 7.46. The van der Waals surface area contributed by atoms with Gasteiger partial charge in [-0.15, -0.1) is 11.3 Å². The fourth-order valence-electron chi connectivity index (χ4n) is 1.72. The third-order valence-corrected chi connectivity index (χ3v) is 4.31. The van der Waals surface area contributed by atoms with Crippen molar-refractivity contribution in [1.82, 2.24) is 0 Å². The topological polar surface area (TPSA) is 64.3 Å². The van der Waals surface area contributed by atoms with Crippen LogP contribution in [0.1, 0.15) is 22.2 Å². The SMILES string of the molecule is CCOC(=O)c1cc(N)ccc1NCc1cc(Br)cs1. The number of carbonyl (C=O) groups is 1. The number of halogens is 1. The number of nitrogens with one attached hydrogen (secondary N) is 1. The van der Waals surface area contributed by atoms with Gasteiger partial charge < -0.3 is 15.8 Å². The molecule has 1 aromatic carbocycles. The van der Waals surface area contributed by atoms with E-state index in [1.165, 1.54) is 4.88 Å². The van der Waals surface area contributed by atoms with Gasteiger partial charge in [0.1, 0.15) is 0 Å². The van der Waals surface area contributed by atoms with E-state index < -0.39 is 0 Å². The van der Waals surface area contributed by atoms with Crippen LogP contribution in [0.5, 0.6) is 0 Å². The number of anilines is 2. The molecule has 106 valence electrons. The normalized spacial score (nSPS) is 10.3. The summed E-state index contributed by atoms with van der Waals surface area (Å²) in [7, 11) is 0. The van der Waals surface area contributed by atoms with E-state index in [0.29, 0.717) is 24.4 Å². The molecule has 0 spiro atoms. The van der Waals surface area contributed by atoms with E-state index >= 15 is 0 Å². The lowest BCUT2D eigenvalue weighted by Crippen LogP contribution is -2.10. The molecule has 0 bridgehead atoms. The van der Waals surface area contributed by atoms with Crippen molar-refractivity contribution in [2.24, 2.45) is 0 Å². The fourth-order valence-corrected chi connectivity index (χ4v) is 3.11. The molecule has 3 N–H and O–H groups in total. The molecule has 0 unspecified atom stereocenters. The molecule has 0 amide bonds. The molecule has 0 saturated heterocycles. The number of rotatable bonds is 5. The Morgan fingerprint density at radius 2 is 2.25 bits per heavy atom. The van der Waals surface area contributed by atoms with Gasteiger partial charge in [0.2, 0.25) is 0 Å². The maximum Gasteiger partial charge on any atom is 0.340 e. The molecular formula is C14H15BrN2O2S. The van der Waals surface area contributed by atoms with Crippen molar-refractivity contribution in [2.75, 3.05) is 17.7 Å². The van der Waals surface area contributed by atoms with Gasteiger partial charge in [-0.2, -0.15) is 0 Å². The number of hydrogen-bond acceptors (Lipinski definition) is 5. The summed E-state index contributed by atoms with van der Waals surface area (Å²) in [5, 5.41) is 5.26. The number of carbonyl (C=O) groups excluding carboxylic acids is 1. The number of nitrogens with two attached hydrogens (primary N) is 1. The highest BCUT2D eigenvalue weighted by atomic mass is 79.9. The van der Waals surface area contributed by atoms with E-state index in [2.05, 4.69) is 21.2 Å². The van der Waals surface area contributed by atoms with Crippen LogP contribution in [-0.2, 0) is 11.3 Å². The zero-order valence-electron chi connectivity index (χ0n) is 11.0. The zero-order valence-corrected chi connectivity index (χ0v) is 13.4. The number of nitrogen functional groups attached to an aromatic ring is 1. The second-order valence-electron chi connectivity index (χ2n) is 4.11. The lowest BCUT2D eigenvalue weighted by Gasteiger charge is -2.11. The average Bonchev–Trinajstić information content (AvgIpc) is 2.83. The average molecular weight is 355 g/mol. The molecule has 0 aliphatic carbocycles. The molecule has 0 atom stereocenters. The van der Waals surface area contributed by atoms with Gasteiger partial charge in [0.05, 0.1) is 12.2 Å². The Kier molecular flexibility index (Phi) is 5.03. The highest BCUT2D eigenvalue weighted by Crippen LogP contribution is 2.24. The van der Waals surface area contributed by atoms with E-state index in [9.17, 15) is 4.79 Å².